The molecule has 6 nitrogen and oxygen atoms in total. The van der Waals surface area contributed by atoms with Crippen LogP contribution in [0, 0.1) is 0 Å². The molecule has 0 radical (unpaired) electrons. The Morgan fingerprint density at radius 1 is 1.25 bits per heavy atom. The Kier molecular flexibility index (Phi) is 4.95. The molecule has 4 aromatic rings. The molecule has 0 saturated heterocycles. The third-order valence-electron chi connectivity index (χ3n) is 4.78. The first kappa shape index (κ1) is 18.0. The van der Waals surface area contributed by atoms with Gasteiger partial charge in [0.15, 0.2) is 5.69 Å². The summed E-state index contributed by atoms with van der Waals surface area (Å²) in [6.07, 6.45) is 4.76. The Morgan fingerprint density at radius 3 is 2.96 bits per heavy atom. The van der Waals surface area contributed by atoms with E-state index in [1.165, 1.54) is 6.26 Å². The topological polar surface area (TPSA) is 96.9 Å². The number of aromatic nitrogens is 2. The molecule has 2 heterocycles. The van der Waals surface area contributed by atoms with Crippen molar-refractivity contribution in [2.24, 2.45) is 5.73 Å². The van der Waals surface area contributed by atoms with Gasteiger partial charge in [0, 0.05) is 22.8 Å². The number of carbonyl (C=O) groups excluding carboxylic acids is 1. The Morgan fingerprint density at radius 2 is 2.11 bits per heavy atom. The molecule has 1 atom stereocenters. The van der Waals surface area contributed by atoms with Gasteiger partial charge in [-0.2, -0.15) is 0 Å². The number of carbonyl (C=O) groups is 1. The molecular formula is C22H22N4O2. The summed E-state index contributed by atoms with van der Waals surface area (Å²) in [7, 11) is 0. The van der Waals surface area contributed by atoms with Gasteiger partial charge in [-0.25, -0.2) is 4.98 Å². The van der Waals surface area contributed by atoms with Crippen LogP contribution in [0.5, 0.6) is 0 Å². The van der Waals surface area contributed by atoms with Gasteiger partial charge in [0.2, 0.25) is 5.89 Å². The predicted octanol–water partition coefficient (Wildman–Crippen LogP) is 4.21. The summed E-state index contributed by atoms with van der Waals surface area (Å²) in [5, 5.41) is 3.97. The second kappa shape index (κ2) is 7.70. The smallest absolute Gasteiger partial charge is 0.277 e. The minimum absolute atomic E-state index is 0.214. The number of nitrogens with zero attached hydrogens (tertiary/aromatic N) is 1. The van der Waals surface area contributed by atoms with Crippen LogP contribution in [-0.4, -0.2) is 15.9 Å². The molecule has 0 spiro atoms. The highest BCUT2D eigenvalue weighted by Gasteiger charge is 2.19. The van der Waals surface area contributed by atoms with Crippen LogP contribution in [-0.2, 0) is 12.8 Å². The van der Waals surface area contributed by atoms with Crippen molar-refractivity contribution in [2.45, 2.75) is 25.8 Å². The summed E-state index contributed by atoms with van der Waals surface area (Å²) in [6.45, 7) is 2.07. The summed E-state index contributed by atoms with van der Waals surface area (Å²) in [5.74, 6) is 0.0280. The fourth-order valence-corrected chi connectivity index (χ4v) is 3.25. The summed E-state index contributed by atoms with van der Waals surface area (Å²) < 4.78 is 5.48. The molecule has 0 bridgehead atoms. The first-order valence-corrected chi connectivity index (χ1v) is 9.30. The van der Waals surface area contributed by atoms with Gasteiger partial charge in [-0.3, -0.25) is 4.79 Å². The Balaban J connectivity index is 1.46. The van der Waals surface area contributed by atoms with Gasteiger partial charge < -0.3 is 20.5 Å². The number of rotatable bonds is 6. The van der Waals surface area contributed by atoms with E-state index in [-0.39, 0.29) is 11.6 Å². The number of oxazole rings is 1. The van der Waals surface area contributed by atoms with Crippen LogP contribution in [0.2, 0.25) is 0 Å². The first-order valence-electron chi connectivity index (χ1n) is 9.30. The normalized spacial score (nSPS) is 12.2. The highest BCUT2D eigenvalue weighted by molar-refractivity contribution is 6.02. The number of H-pyrrole nitrogens is 1. The molecule has 0 aliphatic heterocycles. The van der Waals surface area contributed by atoms with Crippen LogP contribution in [0.4, 0.5) is 5.69 Å². The lowest BCUT2D eigenvalue weighted by Gasteiger charge is -2.06. The zero-order valence-corrected chi connectivity index (χ0v) is 15.6. The molecule has 6 heteroatoms. The van der Waals surface area contributed by atoms with Crippen LogP contribution in [0.1, 0.15) is 40.5 Å². The van der Waals surface area contributed by atoms with Crippen molar-refractivity contribution in [1.29, 1.82) is 0 Å². The third kappa shape index (κ3) is 3.68. The van der Waals surface area contributed by atoms with Crippen molar-refractivity contribution in [3.05, 3.63) is 83.7 Å². The number of hydrogen-bond donors (Lipinski definition) is 3. The number of amides is 1. The van der Waals surface area contributed by atoms with Crippen molar-refractivity contribution < 1.29 is 9.21 Å². The van der Waals surface area contributed by atoms with Crippen LogP contribution in [0.25, 0.3) is 10.9 Å². The number of aryl methyl sites for hydroxylation is 1. The number of aromatic amines is 1. The van der Waals surface area contributed by atoms with Gasteiger partial charge in [-0.15, -0.1) is 0 Å². The van der Waals surface area contributed by atoms with E-state index < -0.39 is 6.04 Å². The van der Waals surface area contributed by atoms with E-state index in [0.29, 0.717) is 12.3 Å². The third-order valence-corrected chi connectivity index (χ3v) is 4.78. The van der Waals surface area contributed by atoms with Crippen molar-refractivity contribution >= 4 is 22.5 Å². The molecule has 0 aliphatic rings. The number of para-hydroxylation sites is 1. The van der Waals surface area contributed by atoms with Crippen molar-refractivity contribution in [3.63, 3.8) is 0 Å². The zero-order chi connectivity index (χ0) is 19.5. The van der Waals surface area contributed by atoms with E-state index in [9.17, 15) is 4.79 Å². The monoisotopic (exact) mass is 374 g/mol. The van der Waals surface area contributed by atoms with Crippen molar-refractivity contribution in [1.82, 2.24) is 9.97 Å². The van der Waals surface area contributed by atoms with E-state index >= 15 is 0 Å². The molecule has 1 amide bonds. The predicted molar refractivity (Wildman–Crippen MR) is 109 cm³/mol. The maximum atomic E-state index is 12.5. The van der Waals surface area contributed by atoms with Gasteiger partial charge in [0.05, 0.1) is 6.04 Å². The van der Waals surface area contributed by atoms with Gasteiger partial charge in [0.25, 0.3) is 5.91 Å². The molecular weight excluding hydrogens is 352 g/mol. The lowest BCUT2D eigenvalue weighted by atomic mass is 10.1. The zero-order valence-electron chi connectivity index (χ0n) is 15.6. The lowest BCUT2D eigenvalue weighted by Crippen LogP contribution is -2.16. The number of nitrogens with two attached hydrogens (primary N) is 1. The van der Waals surface area contributed by atoms with Crippen LogP contribution < -0.4 is 11.1 Å². The van der Waals surface area contributed by atoms with Crippen molar-refractivity contribution in [3.8, 4) is 0 Å². The number of fused-ring (bicyclic) bond motifs is 1. The Bertz CT molecular complexity index is 1110. The molecule has 142 valence electrons. The molecule has 2 aromatic carbocycles. The van der Waals surface area contributed by atoms with Crippen LogP contribution in [0.3, 0.4) is 0 Å². The van der Waals surface area contributed by atoms with E-state index in [1.54, 1.807) is 0 Å². The number of benzene rings is 2. The molecule has 0 fully saturated rings. The maximum absolute atomic E-state index is 12.5. The summed E-state index contributed by atoms with van der Waals surface area (Å²) >= 11 is 0. The standard InChI is InChI=1S/C22H22N4O2/c1-2-14-6-5-7-16(10-14)25-21(27)20-13-28-22(26-20)18(23)11-15-12-24-19-9-4-3-8-17(15)19/h3-10,12-13,18,24H,2,11,23H2,1H3,(H,25,27). The molecule has 2 aromatic heterocycles. The highest BCUT2D eigenvalue weighted by atomic mass is 16.3. The largest absolute Gasteiger partial charge is 0.446 e. The average molecular weight is 374 g/mol. The van der Waals surface area contributed by atoms with E-state index in [2.05, 4.69) is 22.2 Å². The second-order valence-corrected chi connectivity index (χ2v) is 6.75. The first-order chi connectivity index (χ1) is 13.6. The van der Waals surface area contributed by atoms with Gasteiger partial charge >= 0.3 is 0 Å². The summed E-state index contributed by atoms with van der Waals surface area (Å²) in [4.78, 5) is 20.0. The molecule has 4 rings (SSSR count). The maximum Gasteiger partial charge on any atom is 0.277 e. The van der Waals surface area contributed by atoms with Crippen LogP contribution >= 0.6 is 0 Å². The molecule has 0 aliphatic carbocycles. The van der Waals surface area contributed by atoms with E-state index in [0.717, 1.165) is 34.1 Å². The quantitative estimate of drug-likeness (QED) is 0.471. The number of anilines is 1. The van der Waals surface area contributed by atoms with Crippen LogP contribution in [0.15, 0.2) is 65.4 Å². The van der Waals surface area contributed by atoms with E-state index in [1.807, 2.05) is 54.7 Å². The number of nitrogens with one attached hydrogen (secondary N) is 2. The molecule has 0 saturated carbocycles. The Labute approximate surface area is 162 Å². The fraction of sp³-hybridized carbons (Fsp3) is 0.182. The highest BCUT2D eigenvalue weighted by Crippen LogP contribution is 2.23. The number of hydrogen-bond acceptors (Lipinski definition) is 4. The average Bonchev–Trinajstić information content (AvgIpc) is 3.36. The van der Waals surface area contributed by atoms with Gasteiger partial charge in [0.1, 0.15) is 6.26 Å². The summed E-state index contributed by atoms with van der Waals surface area (Å²) in [5.41, 5.74) is 10.5. The fourth-order valence-electron chi connectivity index (χ4n) is 3.25. The summed E-state index contributed by atoms with van der Waals surface area (Å²) in [6, 6.07) is 15.3. The molecule has 28 heavy (non-hydrogen) atoms. The van der Waals surface area contributed by atoms with Gasteiger partial charge in [-0.05, 0) is 42.2 Å². The molecule has 4 N–H and O–H groups in total. The molecule has 1 unspecified atom stereocenters. The Hall–Kier alpha value is -3.38. The minimum atomic E-state index is -0.441. The minimum Gasteiger partial charge on any atom is -0.446 e. The van der Waals surface area contributed by atoms with Crippen molar-refractivity contribution in [2.75, 3.05) is 5.32 Å². The van der Waals surface area contributed by atoms with Gasteiger partial charge in [-0.1, -0.05) is 37.3 Å². The lowest BCUT2D eigenvalue weighted by molar-refractivity contribution is 0.102. The second-order valence-electron chi connectivity index (χ2n) is 6.75. The van der Waals surface area contributed by atoms with E-state index in [4.69, 9.17) is 10.2 Å². The SMILES string of the molecule is CCc1cccc(NC(=O)c2coc(C(N)Cc3c[nH]c4ccccc34)n2)c1.